The number of benzene rings is 1. The standard InChI is InChI=1S/C7H6O2.C4H3NO2.C3H3N3/c8-7(9)6-4-2-1-3-5-6;1-2-4(6)7-3-5;1-2-4-6-5-3-1/h1-5H,(H,8,9);2H,1H2;1-3H. The molecule has 0 saturated heterocycles. The first-order chi connectivity index (χ1) is 10.6. The highest BCUT2D eigenvalue weighted by Gasteiger charge is 1.96. The molecule has 0 atom stereocenters. The van der Waals surface area contributed by atoms with Crippen LogP contribution in [0.15, 0.2) is 61.4 Å². The number of nitriles is 1. The van der Waals surface area contributed by atoms with Crippen LogP contribution in [-0.4, -0.2) is 32.5 Å². The van der Waals surface area contributed by atoms with E-state index in [1.54, 1.807) is 48.8 Å². The molecule has 0 saturated carbocycles. The van der Waals surface area contributed by atoms with Gasteiger partial charge in [0.2, 0.25) is 0 Å². The Kier molecular flexibility index (Phi) is 10.4. The minimum absolute atomic E-state index is 0.331. The molecule has 2 rings (SSSR count). The van der Waals surface area contributed by atoms with Crippen LogP contribution < -0.4 is 0 Å². The number of hydrogen-bond donors (Lipinski definition) is 1. The van der Waals surface area contributed by atoms with E-state index in [9.17, 15) is 9.59 Å². The van der Waals surface area contributed by atoms with Crippen molar-refractivity contribution in [2.45, 2.75) is 0 Å². The fourth-order valence-corrected chi connectivity index (χ4v) is 0.872. The Hall–Kier alpha value is -3.60. The number of carboxylic acids is 1. The zero-order valence-electron chi connectivity index (χ0n) is 11.4. The maximum atomic E-state index is 10.2. The van der Waals surface area contributed by atoms with E-state index < -0.39 is 11.9 Å². The lowest BCUT2D eigenvalue weighted by atomic mass is 10.2. The average Bonchev–Trinajstić information content (AvgIpc) is 2.58. The van der Waals surface area contributed by atoms with Crippen LogP contribution in [0.5, 0.6) is 0 Å². The van der Waals surface area contributed by atoms with Gasteiger partial charge in [-0.3, -0.25) is 0 Å². The van der Waals surface area contributed by atoms with Crippen LogP contribution in [0.3, 0.4) is 0 Å². The molecular weight excluding hydrogens is 288 g/mol. The predicted octanol–water partition coefficient (Wildman–Crippen LogP) is 1.45. The van der Waals surface area contributed by atoms with Gasteiger partial charge in [0.15, 0.2) is 0 Å². The number of carbonyl (C=O) groups excluding carboxylic acids is 1. The molecule has 8 nitrogen and oxygen atoms in total. The number of ether oxygens (including phenoxy) is 1. The summed E-state index contributed by atoms with van der Waals surface area (Å²) in [5, 5.41) is 26.1. The summed E-state index contributed by atoms with van der Waals surface area (Å²) in [4.78, 5) is 20.0. The third-order valence-corrected chi connectivity index (χ3v) is 1.74. The summed E-state index contributed by atoms with van der Waals surface area (Å²) in [6.07, 6.45) is 5.27. The number of nitrogens with zero attached hydrogens (tertiary/aromatic N) is 4. The molecule has 8 heteroatoms. The average molecular weight is 300 g/mol. The summed E-state index contributed by atoms with van der Waals surface area (Å²) in [5.41, 5.74) is 0.331. The number of aromatic carboxylic acids is 1. The van der Waals surface area contributed by atoms with Crippen molar-refractivity contribution in [2.24, 2.45) is 0 Å². The van der Waals surface area contributed by atoms with Crippen molar-refractivity contribution >= 4 is 11.9 Å². The van der Waals surface area contributed by atoms with E-state index in [2.05, 4.69) is 26.7 Å². The van der Waals surface area contributed by atoms with Gasteiger partial charge in [0.1, 0.15) is 0 Å². The lowest BCUT2D eigenvalue weighted by Gasteiger charge is -1.88. The first-order valence-electron chi connectivity index (χ1n) is 5.70. The molecular formula is C14H12N4O4. The number of carboxylic acid groups (broad SMARTS) is 1. The van der Waals surface area contributed by atoms with Crippen molar-refractivity contribution in [3.8, 4) is 6.26 Å². The Morgan fingerprint density at radius 1 is 1.18 bits per heavy atom. The van der Waals surface area contributed by atoms with Gasteiger partial charge in [-0.25, -0.2) is 9.59 Å². The van der Waals surface area contributed by atoms with Crippen molar-refractivity contribution in [3.63, 3.8) is 0 Å². The monoisotopic (exact) mass is 300 g/mol. The largest absolute Gasteiger partial charge is 0.478 e. The van der Waals surface area contributed by atoms with Crippen molar-refractivity contribution in [2.75, 3.05) is 0 Å². The van der Waals surface area contributed by atoms with Crippen LogP contribution in [0.2, 0.25) is 0 Å². The highest BCUT2D eigenvalue weighted by Crippen LogP contribution is 1.96. The van der Waals surface area contributed by atoms with Gasteiger partial charge in [0, 0.05) is 6.08 Å². The van der Waals surface area contributed by atoms with Gasteiger partial charge < -0.3 is 9.84 Å². The second-order valence-electron chi connectivity index (χ2n) is 3.20. The fraction of sp³-hybridized carbons (Fsp3) is 0. The lowest BCUT2D eigenvalue weighted by Crippen LogP contribution is -1.93. The summed E-state index contributed by atoms with van der Waals surface area (Å²) >= 11 is 0. The van der Waals surface area contributed by atoms with Gasteiger partial charge in [-0.2, -0.15) is 0 Å². The molecule has 1 aromatic carbocycles. The molecule has 112 valence electrons. The van der Waals surface area contributed by atoms with Gasteiger partial charge in [-0.05, 0) is 23.4 Å². The highest BCUT2D eigenvalue weighted by atomic mass is 16.5. The van der Waals surface area contributed by atoms with E-state index in [1.807, 2.05) is 0 Å². The maximum Gasteiger partial charge on any atom is 0.345 e. The smallest absolute Gasteiger partial charge is 0.345 e. The molecule has 0 aliphatic rings. The predicted molar refractivity (Wildman–Crippen MR) is 75.1 cm³/mol. The molecule has 0 fully saturated rings. The zero-order chi connectivity index (χ0) is 16.6. The Balaban J connectivity index is 0.000000308. The summed E-state index contributed by atoms with van der Waals surface area (Å²) < 4.78 is 3.74. The van der Waals surface area contributed by atoms with E-state index in [-0.39, 0.29) is 0 Å². The lowest BCUT2D eigenvalue weighted by molar-refractivity contribution is -0.131. The fourth-order valence-electron chi connectivity index (χ4n) is 0.872. The van der Waals surface area contributed by atoms with E-state index in [0.717, 1.165) is 6.08 Å². The molecule has 1 N–H and O–H groups in total. The van der Waals surface area contributed by atoms with Crippen LogP contribution in [0.4, 0.5) is 0 Å². The molecule has 0 aliphatic heterocycles. The van der Waals surface area contributed by atoms with Gasteiger partial charge >= 0.3 is 11.9 Å². The van der Waals surface area contributed by atoms with Crippen molar-refractivity contribution in [1.29, 1.82) is 5.26 Å². The number of rotatable bonds is 2. The van der Waals surface area contributed by atoms with Gasteiger partial charge in [-0.15, -0.1) is 15.5 Å². The number of esters is 1. The zero-order valence-corrected chi connectivity index (χ0v) is 11.4. The van der Waals surface area contributed by atoms with E-state index in [4.69, 9.17) is 10.4 Å². The molecule has 1 heterocycles. The van der Waals surface area contributed by atoms with Crippen LogP contribution in [0.25, 0.3) is 0 Å². The molecule has 0 amide bonds. The van der Waals surface area contributed by atoms with Gasteiger partial charge in [0.25, 0.3) is 6.26 Å². The summed E-state index contributed by atoms with van der Waals surface area (Å²) in [6.45, 7) is 3.05. The highest BCUT2D eigenvalue weighted by molar-refractivity contribution is 5.87. The first kappa shape index (κ1) is 18.4. The third-order valence-electron chi connectivity index (χ3n) is 1.74. The number of hydrogen-bond acceptors (Lipinski definition) is 7. The van der Waals surface area contributed by atoms with Gasteiger partial charge in [-0.1, -0.05) is 24.8 Å². The van der Waals surface area contributed by atoms with Crippen molar-refractivity contribution < 1.29 is 19.4 Å². The molecule has 0 bridgehead atoms. The molecule has 22 heavy (non-hydrogen) atoms. The van der Waals surface area contributed by atoms with Crippen molar-refractivity contribution in [3.05, 3.63) is 67.0 Å². The summed E-state index contributed by atoms with van der Waals surface area (Å²) in [5.74, 6) is -1.60. The van der Waals surface area contributed by atoms with E-state index in [0.29, 0.717) is 5.56 Å². The van der Waals surface area contributed by atoms with Crippen LogP contribution in [-0.2, 0) is 9.53 Å². The molecule has 0 radical (unpaired) electrons. The van der Waals surface area contributed by atoms with E-state index >= 15 is 0 Å². The Bertz CT molecular complexity index is 585. The second kappa shape index (κ2) is 12.4. The SMILES string of the molecule is C=CC(=O)OC#N.O=C(O)c1ccccc1.c1cnnnc1. The Morgan fingerprint density at radius 2 is 1.77 bits per heavy atom. The van der Waals surface area contributed by atoms with E-state index in [1.165, 1.54) is 6.26 Å². The van der Waals surface area contributed by atoms with Crippen LogP contribution in [0.1, 0.15) is 10.4 Å². The summed E-state index contributed by atoms with van der Waals surface area (Å²) in [6, 6.07) is 10.0. The molecule has 1 aromatic heterocycles. The Labute approximate surface area is 126 Å². The molecule has 2 aromatic rings. The van der Waals surface area contributed by atoms with Crippen molar-refractivity contribution in [1.82, 2.24) is 15.4 Å². The molecule has 0 unspecified atom stereocenters. The number of carbonyl (C=O) groups is 2. The quantitative estimate of drug-likeness (QED) is 0.501. The minimum atomic E-state index is -0.879. The second-order valence-corrected chi connectivity index (χ2v) is 3.20. The maximum absolute atomic E-state index is 10.2. The Morgan fingerprint density at radius 3 is 2.00 bits per heavy atom. The first-order valence-corrected chi connectivity index (χ1v) is 5.70. The third kappa shape index (κ3) is 10.3. The van der Waals surface area contributed by atoms with Gasteiger partial charge in [0.05, 0.1) is 18.0 Å². The molecule has 0 aliphatic carbocycles. The van der Waals surface area contributed by atoms with Crippen LogP contribution >= 0.6 is 0 Å². The van der Waals surface area contributed by atoms with Crippen LogP contribution in [0, 0.1) is 11.5 Å². The molecule has 0 spiro atoms. The minimum Gasteiger partial charge on any atom is -0.478 e. The summed E-state index contributed by atoms with van der Waals surface area (Å²) in [7, 11) is 0. The topological polar surface area (TPSA) is 126 Å². The number of aromatic nitrogens is 3. The normalized spacial score (nSPS) is 7.77.